The Morgan fingerprint density at radius 3 is 1.57 bits per heavy atom. The lowest BCUT2D eigenvalue weighted by Gasteiger charge is -2.25. The van der Waals surface area contributed by atoms with Gasteiger partial charge in [-0.15, -0.1) is 0 Å². The molecule has 2 fully saturated rings. The van der Waals surface area contributed by atoms with Crippen LogP contribution in [-0.4, -0.2) is 93.7 Å². The van der Waals surface area contributed by atoms with Gasteiger partial charge in [-0.25, -0.2) is 4.57 Å². The Morgan fingerprint density at radius 1 is 0.750 bits per heavy atom. The molecule has 40 heavy (non-hydrogen) atoms. The number of phosphoric acid groups is 1. The zero-order valence-corrected chi connectivity index (χ0v) is 23.6. The van der Waals surface area contributed by atoms with Crippen molar-refractivity contribution in [3.63, 3.8) is 0 Å². The summed E-state index contributed by atoms with van der Waals surface area (Å²) in [6.07, 6.45) is -0.708. The third-order valence-corrected chi connectivity index (χ3v) is 5.63. The van der Waals surface area contributed by atoms with Crippen LogP contribution in [0.15, 0.2) is 0 Å². The molecule has 0 spiro atoms. The van der Waals surface area contributed by atoms with E-state index in [9.17, 15) is 4.57 Å². The maximum Gasteiger partial charge on any atom is 0.474 e. The van der Waals surface area contributed by atoms with Crippen molar-refractivity contribution in [3.05, 3.63) is 0 Å². The van der Waals surface area contributed by atoms with E-state index in [2.05, 4.69) is 0 Å². The maximum atomic E-state index is 12.8. The van der Waals surface area contributed by atoms with E-state index in [1.54, 1.807) is 7.11 Å². The van der Waals surface area contributed by atoms with E-state index in [4.69, 9.17) is 48.1 Å². The Labute approximate surface area is 258 Å². The van der Waals surface area contributed by atoms with Crippen molar-refractivity contribution in [1.29, 1.82) is 0 Å². The number of methoxy groups -OCH3 is 2. The van der Waals surface area contributed by atoms with Gasteiger partial charge in [0, 0.05) is 41.1 Å². The van der Waals surface area contributed by atoms with E-state index in [-0.39, 0.29) is 77.3 Å². The van der Waals surface area contributed by atoms with Crippen molar-refractivity contribution < 1.29 is 37.1 Å². The van der Waals surface area contributed by atoms with Crippen molar-refractivity contribution in [1.82, 2.24) is 0 Å². The smallest absolute Gasteiger partial charge is 0.382 e. The monoisotopic (exact) mass is 604 g/mol. The van der Waals surface area contributed by atoms with Crippen LogP contribution < -0.4 is 0 Å². The Balaban J connectivity index is -0.0000000689. The molecule has 0 amide bonds. The fourth-order valence-corrected chi connectivity index (χ4v) is 4.03. The molecule has 2 aliphatic heterocycles. The fraction of sp³-hybridized carbons (Fsp3) is 1.00. The summed E-state index contributed by atoms with van der Waals surface area (Å²) in [6, 6.07) is -0.763. The Morgan fingerprint density at radius 2 is 1.20 bits per heavy atom. The second kappa shape index (κ2) is 43.6. The summed E-state index contributed by atoms with van der Waals surface area (Å²) < 4.78 is 50.3. The molecule has 0 aromatic carbocycles. The third kappa shape index (κ3) is 25.8. The molecule has 0 aromatic heterocycles. The fourth-order valence-electron chi connectivity index (χ4n) is 2.89. The lowest BCUT2D eigenvalue weighted by molar-refractivity contribution is -0.0388. The molecule has 5 radical (unpaired) electrons. The van der Waals surface area contributed by atoms with Crippen LogP contribution in [0.5, 0.6) is 0 Å². The molecule has 2 saturated heterocycles. The normalized spacial score (nSPS) is 24.3. The molecule has 3 unspecified atom stereocenters. The highest BCUT2D eigenvalue weighted by atomic mass is 31.2. The van der Waals surface area contributed by atoms with Crippen molar-refractivity contribution >= 4 is 30.6 Å². The summed E-state index contributed by atoms with van der Waals surface area (Å²) in [5, 5.41) is 0. The van der Waals surface area contributed by atoms with Crippen LogP contribution in [0.4, 0.5) is 0 Å². The molecule has 7 atom stereocenters. The van der Waals surface area contributed by atoms with Gasteiger partial charge in [-0.3, -0.25) is 13.6 Å². The molecule has 8 nitrogen and oxygen atoms in total. The van der Waals surface area contributed by atoms with E-state index in [1.807, 2.05) is 55.4 Å². The minimum absolute atomic E-state index is 0. The van der Waals surface area contributed by atoms with Crippen LogP contribution >= 0.6 is 7.82 Å². The molecule has 0 aliphatic carbocycles. The van der Waals surface area contributed by atoms with E-state index >= 15 is 0 Å². The number of hydrogen-bond donors (Lipinski definition) is 0. The summed E-state index contributed by atoms with van der Waals surface area (Å²) in [5.74, 6) is 0. The molecule has 0 bridgehead atoms. The van der Waals surface area contributed by atoms with Crippen molar-refractivity contribution in [2.75, 3.05) is 34.5 Å². The summed E-state index contributed by atoms with van der Waals surface area (Å²) in [6.45, 7) is 16.2. The molecule has 0 aromatic rings. The second-order valence-electron chi connectivity index (χ2n) is 5.89. The van der Waals surface area contributed by atoms with Gasteiger partial charge in [0.1, 0.15) is 20.1 Å². The molecule has 0 N–H and O–H groups in total. The van der Waals surface area contributed by atoms with Gasteiger partial charge < -0.3 is 18.9 Å². The maximum absolute atomic E-state index is 12.8. The van der Waals surface area contributed by atoms with E-state index in [0.29, 0.717) is 12.8 Å². The van der Waals surface area contributed by atoms with Gasteiger partial charge in [-0.05, 0) is 12.8 Å². The van der Waals surface area contributed by atoms with Crippen molar-refractivity contribution in [2.45, 2.75) is 157 Å². The van der Waals surface area contributed by atoms with Gasteiger partial charge in [0.2, 0.25) is 0 Å². The van der Waals surface area contributed by atoms with Gasteiger partial charge >= 0.3 is 7.82 Å². The molecular weight excluding hydrogens is 528 g/mol. The average molecular weight is 603 g/mol. The van der Waals surface area contributed by atoms with Crippen molar-refractivity contribution in [2.24, 2.45) is 0 Å². The summed E-state index contributed by atoms with van der Waals surface area (Å²) in [4.78, 5) is 0. The molecule has 249 valence electrons. The lowest BCUT2D eigenvalue weighted by Crippen LogP contribution is -2.30. The SMILES string of the molecule is C.C.C.C.C.C.C.CC.CC.CC.CC.[B][B][C@H]1CC(OP(=O)(OC)OC[C@H]2O[C@@H]([B])CC2OC)[C@@H](COC)O1. The first-order valence-electron chi connectivity index (χ1n) is 12.1. The van der Waals surface area contributed by atoms with Gasteiger partial charge in [0.25, 0.3) is 0 Å². The Hall–Kier alpha value is 0.145. The zero-order chi connectivity index (χ0) is 26.4. The zero-order valence-electron chi connectivity index (χ0n) is 22.7. The van der Waals surface area contributed by atoms with Crippen LogP contribution in [0.3, 0.4) is 0 Å². The minimum Gasteiger partial charge on any atom is -0.382 e. The molecule has 12 heteroatoms. The molecule has 2 heterocycles. The first-order valence-corrected chi connectivity index (χ1v) is 13.5. The van der Waals surface area contributed by atoms with E-state index < -0.39 is 32.1 Å². The van der Waals surface area contributed by atoms with E-state index in [0.717, 1.165) is 0 Å². The Kier molecular flexibility index (Phi) is 73.8. The predicted octanol–water partition coefficient (Wildman–Crippen LogP) is 8.55. The minimum atomic E-state index is -3.82. The lowest BCUT2D eigenvalue weighted by atomic mass is 9.51. The van der Waals surface area contributed by atoms with Gasteiger partial charge in [-0.2, -0.15) is 0 Å². The number of rotatable bonds is 10. The van der Waals surface area contributed by atoms with Crippen molar-refractivity contribution in [3.8, 4) is 0 Å². The predicted molar refractivity (Wildman–Crippen MR) is 184 cm³/mol. The Bertz CT molecular complexity index is 469. The van der Waals surface area contributed by atoms with Gasteiger partial charge in [0.05, 0.1) is 32.6 Å². The molecule has 2 aliphatic rings. The highest BCUT2D eigenvalue weighted by molar-refractivity contribution is 7.48. The second-order valence-corrected chi connectivity index (χ2v) is 7.62. The molecular formula is C28H75B3O8P. The summed E-state index contributed by atoms with van der Waals surface area (Å²) in [5.41, 5.74) is 0. The standard InChI is InChI=1S/C13H23B3O8P.4C2H6.7CH4/c1-18-6-10-9(5-13(16-15)23-10)24-25(17,20-3)21-7-11-8(19-2)4-12(14)22-11;4*1-2;;;;;;;/h8-13H,4-7H2,1-3H3;4*1-2H3;7*1H4/t8?,9?,10-,11-,12-,13-,25?;;;;;;;;;;;/m1.........../s1. The van der Waals surface area contributed by atoms with Gasteiger partial charge in [0.15, 0.2) is 0 Å². The average Bonchev–Trinajstić information content (AvgIpc) is 3.44. The van der Waals surface area contributed by atoms with Gasteiger partial charge in [-0.1, -0.05) is 107 Å². The summed E-state index contributed by atoms with van der Waals surface area (Å²) >= 11 is 0. The van der Waals surface area contributed by atoms with E-state index in [1.165, 1.54) is 21.4 Å². The topological polar surface area (TPSA) is 81.7 Å². The van der Waals surface area contributed by atoms with Crippen LogP contribution in [0.25, 0.3) is 0 Å². The van der Waals surface area contributed by atoms with Crippen LogP contribution in [0.1, 0.15) is 120 Å². The first-order chi connectivity index (χ1) is 15.9. The highest BCUT2D eigenvalue weighted by Crippen LogP contribution is 2.52. The molecule has 0 saturated carbocycles. The quantitative estimate of drug-likeness (QED) is 0.182. The number of phosphoric ester groups is 1. The number of ether oxygens (including phenoxy) is 4. The summed E-state index contributed by atoms with van der Waals surface area (Å²) in [7, 11) is 13.2. The third-order valence-electron chi connectivity index (χ3n) is 4.19. The number of hydrogen-bond acceptors (Lipinski definition) is 8. The van der Waals surface area contributed by atoms with Crippen LogP contribution in [0, 0.1) is 0 Å². The first kappa shape index (κ1) is 67.7. The largest absolute Gasteiger partial charge is 0.474 e. The van der Waals surface area contributed by atoms with Crippen LogP contribution in [-0.2, 0) is 37.1 Å². The van der Waals surface area contributed by atoms with Crippen LogP contribution in [0.2, 0.25) is 0 Å². The molecule has 2 rings (SSSR count). The highest BCUT2D eigenvalue weighted by Gasteiger charge is 2.42.